The molecule has 0 fully saturated rings. The molecule has 0 saturated heterocycles. The number of ether oxygens (including phenoxy) is 3. The number of rotatable bonds is 8. The van der Waals surface area contributed by atoms with Gasteiger partial charge in [-0.3, -0.25) is 14.4 Å². The molecule has 0 atom stereocenters. The van der Waals surface area contributed by atoms with Crippen LogP contribution in [0.4, 0.5) is 5.69 Å². The summed E-state index contributed by atoms with van der Waals surface area (Å²) in [5.41, 5.74) is 1.13. The third-order valence-corrected chi connectivity index (χ3v) is 5.74. The second kappa shape index (κ2) is 9.73. The molecule has 0 spiro atoms. The van der Waals surface area contributed by atoms with E-state index in [1.165, 1.54) is 0 Å². The van der Waals surface area contributed by atoms with Crippen LogP contribution in [0.2, 0.25) is 5.02 Å². The lowest BCUT2D eigenvalue weighted by molar-refractivity contribution is -0.142. The molecular formula is C26H24ClNO6. The van der Waals surface area contributed by atoms with Crippen LogP contribution in [0.3, 0.4) is 0 Å². The zero-order chi connectivity index (χ0) is 24.4. The zero-order valence-electron chi connectivity index (χ0n) is 19.1. The Morgan fingerprint density at radius 2 is 1.41 bits per heavy atom. The summed E-state index contributed by atoms with van der Waals surface area (Å²) < 4.78 is 16.7. The number of esters is 1. The summed E-state index contributed by atoms with van der Waals surface area (Å²) in [4.78, 5) is 40.1. The highest BCUT2D eigenvalue weighted by molar-refractivity contribution is 6.41. The molecule has 0 aromatic heterocycles. The van der Waals surface area contributed by atoms with E-state index in [0.717, 1.165) is 4.90 Å². The Morgan fingerprint density at radius 1 is 0.853 bits per heavy atom. The van der Waals surface area contributed by atoms with Crippen molar-refractivity contribution in [1.82, 2.24) is 0 Å². The van der Waals surface area contributed by atoms with Crippen molar-refractivity contribution in [2.75, 3.05) is 24.7 Å². The first kappa shape index (κ1) is 23.6. The summed E-state index contributed by atoms with van der Waals surface area (Å²) in [6.45, 7) is 6.26. The number of fused-ring (bicyclic) bond motifs is 2. The van der Waals surface area contributed by atoms with Gasteiger partial charge in [-0.1, -0.05) is 41.9 Å². The molecule has 2 amide bonds. The normalized spacial score (nSPS) is 12.8. The van der Waals surface area contributed by atoms with Crippen LogP contribution in [0.5, 0.6) is 11.5 Å². The van der Waals surface area contributed by atoms with E-state index < -0.39 is 11.8 Å². The van der Waals surface area contributed by atoms with E-state index in [9.17, 15) is 14.4 Å². The maximum atomic E-state index is 13.6. The van der Waals surface area contributed by atoms with Crippen molar-refractivity contribution in [3.8, 4) is 11.5 Å². The standard InChI is InChI=1S/C26H24ClNO6/c1-4-32-20(29)14-15-11-12-19(18(27)13-15)28-25(30)21-22(26(28)31)24(34-6-3)17-10-8-7-9-16(17)23(21)33-5-2/h7-13H,4-6,14H2,1-3H3. The van der Waals surface area contributed by atoms with Crippen molar-refractivity contribution in [3.63, 3.8) is 0 Å². The van der Waals surface area contributed by atoms with E-state index in [0.29, 0.717) is 41.0 Å². The first-order chi connectivity index (χ1) is 16.4. The van der Waals surface area contributed by atoms with Crippen molar-refractivity contribution in [3.05, 3.63) is 64.2 Å². The van der Waals surface area contributed by atoms with Crippen molar-refractivity contribution in [1.29, 1.82) is 0 Å². The number of amides is 2. The predicted octanol–water partition coefficient (Wildman–Crippen LogP) is 5.20. The molecule has 3 aromatic rings. The number of benzene rings is 3. The molecule has 176 valence electrons. The van der Waals surface area contributed by atoms with Crippen molar-refractivity contribution in [2.45, 2.75) is 27.2 Å². The molecule has 4 rings (SSSR count). The molecule has 0 aliphatic carbocycles. The number of nitrogens with zero attached hydrogens (tertiary/aromatic N) is 1. The van der Waals surface area contributed by atoms with Gasteiger partial charge in [0.2, 0.25) is 0 Å². The summed E-state index contributed by atoms with van der Waals surface area (Å²) in [6.07, 6.45) is 0.0321. The van der Waals surface area contributed by atoms with Gasteiger partial charge in [0.1, 0.15) is 11.5 Å². The van der Waals surface area contributed by atoms with E-state index in [4.69, 9.17) is 25.8 Å². The van der Waals surface area contributed by atoms with Crippen LogP contribution in [-0.4, -0.2) is 37.6 Å². The Hall–Kier alpha value is -3.58. The van der Waals surface area contributed by atoms with Crippen LogP contribution in [0.15, 0.2) is 42.5 Å². The highest BCUT2D eigenvalue weighted by Crippen LogP contribution is 2.46. The summed E-state index contributed by atoms with van der Waals surface area (Å²) in [5.74, 6) is -0.799. The van der Waals surface area contributed by atoms with Gasteiger partial charge >= 0.3 is 5.97 Å². The largest absolute Gasteiger partial charge is 0.492 e. The van der Waals surface area contributed by atoms with Crippen LogP contribution in [0.1, 0.15) is 47.1 Å². The monoisotopic (exact) mass is 481 g/mol. The molecule has 0 bridgehead atoms. The Balaban J connectivity index is 1.85. The molecule has 1 aliphatic heterocycles. The molecule has 8 heteroatoms. The van der Waals surface area contributed by atoms with Gasteiger partial charge < -0.3 is 14.2 Å². The fraction of sp³-hybridized carbons (Fsp3) is 0.269. The van der Waals surface area contributed by atoms with Gasteiger partial charge in [-0.25, -0.2) is 4.90 Å². The zero-order valence-corrected chi connectivity index (χ0v) is 19.9. The van der Waals surface area contributed by atoms with Crippen LogP contribution in [0, 0.1) is 0 Å². The lowest BCUT2D eigenvalue weighted by Gasteiger charge is -2.16. The van der Waals surface area contributed by atoms with Gasteiger partial charge in [0.15, 0.2) is 0 Å². The number of halogens is 1. The maximum absolute atomic E-state index is 13.6. The van der Waals surface area contributed by atoms with E-state index >= 15 is 0 Å². The number of anilines is 1. The van der Waals surface area contributed by atoms with Crippen LogP contribution in [0.25, 0.3) is 10.8 Å². The molecule has 0 saturated carbocycles. The molecule has 1 aliphatic rings. The van der Waals surface area contributed by atoms with Gasteiger partial charge in [-0.2, -0.15) is 0 Å². The molecule has 3 aromatic carbocycles. The van der Waals surface area contributed by atoms with Crippen LogP contribution in [-0.2, 0) is 16.0 Å². The number of carbonyl (C=O) groups is 3. The Bertz CT molecular complexity index is 1240. The minimum atomic E-state index is -0.546. The highest BCUT2D eigenvalue weighted by atomic mass is 35.5. The number of imide groups is 1. The fourth-order valence-electron chi connectivity index (χ4n) is 4.13. The average Bonchev–Trinajstić information content (AvgIpc) is 3.06. The van der Waals surface area contributed by atoms with E-state index in [1.807, 2.05) is 38.1 Å². The summed E-state index contributed by atoms with van der Waals surface area (Å²) in [5, 5.41) is 1.53. The smallest absolute Gasteiger partial charge is 0.310 e. The quantitative estimate of drug-likeness (QED) is 0.325. The summed E-state index contributed by atoms with van der Waals surface area (Å²) >= 11 is 6.49. The fourth-order valence-corrected chi connectivity index (χ4v) is 4.41. The Kier molecular flexibility index (Phi) is 6.75. The molecule has 0 radical (unpaired) electrons. The SMILES string of the molecule is CCOC(=O)Cc1ccc(N2C(=O)c3c(c(OCC)c4ccccc4c3OCC)C2=O)c(Cl)c1. The summed E-state index contributed by atoms with van der Waals surface area (Å²) in [7, 11) is 0. The molecule has 1 heterocycles. The number of hydrogen-bond acceptors (Lipinski definition) is 6. The minimum Gasteiger partial charge on any atom is -0.492 e. The van der Waals surface area contributed by atoms with Crippen molar-refractivity contribution < 1.29 is 28.6 Å². The van der Waals surface area contributed by atoms with E-state index in [-0.39, 0.29) is 40.8 Å². The third kappa shape index (κ3) is 3.96. The number of hydrogen-bond donors (Lipinski definition) is 0. The van der Waals surface area contributed by atoms with Gasteiger partial charge in [0, 0.05) is 10.8 Å². The molecular weight excluding hydrogens is 458 g/mol. The minimum absolute atomic E-state index is 0.0321. The molecule has 0 N–H and O–H groups in total. The van der Waals surface area contributed by atoms with Gasteiger partial charge in [-0.15, -0.1) is 0 Å². The molecule has 7 nitrogen and oxygen atoms in total. The summed E-state index contributed by atoms with van der Waals surface area (Å²) in [6, 6.07) is 12.1. The second-order valence-corrected chi connectivity index (χ2v) is 7.94. The van der Waals surface area contributed by atoms with Gasteiger partial charge in [0.05, 0.1) is 48.1 Å². The molecule has 34 heavy (non-hydrogen) atoms. The van der Waals surface area contributed by atoms with E-state index in [1.54, 1.807) is 25.1 Å². The van der Waals surface area contributed by atoms with Crippen molar-refractivity contribution in [2.24, 2.45) is 0 Å². The maximum Gasteiger partial charge on any atom is 0.310 e. The Labute approximate surface area is 202 Å². The topological polar surface area (TPSA) is 82.1 Å². The number of carbonyl (C=O) groups excluding carboxylic acids is 3. The van der Waals surface area contributed by atoms with Crippen LogP contribution >= 0.6 is 11.6 Å². The molecule has 0 unspecified atom stereocenters. The predicted molar refractivity (Wildman–Crippen MR) is 129 cm³/mol. The first-order valence-electron chi connectivity index (χ1n) is 11.1. The van der Waals surface area contributed by atoms with Crippen LogP contribution < -0.4 is 14.4 Å². The van der Waals surface area contributed by atoms with Gasteiger partial charge in [-0.05, 0) is 38.5 Å². The third-order valence-electron chi connectivity index (χ3n) is 5.44. The lowest BCUT2D eigenvalue weighted by atomic mass is 9.99. The second-order valence-electron chi connectivity index (χ2n) is 7.53. The Morgan fingerprint density at radius 3 is 1.88 bits per heavy atom. The first-order valence-corrected chi connectivity index (χ1v) is 11.5. The average molecular weight is 482 g/mol. The highest BCUT2D eigenvalue weighted by Gasteiger charge is 2.44. The lowest BCUT2D eigenvalue weighted by Crippen LogP contribution is -2.29. The van der Waals surface area contributed by atoms with E-state index in [2.05, 4.69) is 0 Å². The van der Waals surface area contributed by atoms with Gasteiger partial charge in [0.25, 0.3) is 11.8 Å². The van der Waals surface area contributed by atoms with Crippen molar-refractivity contribution >= 4 is 45.8 Å².